The molecule has 0 aliphatic carbocycles. The number of amides is 2. The summed E-state index contributed by atoms with van der Waals surface area (Å²) >= 11 is 1.21. The monoisotopic (exact) mass is 257 g/mol. The largest absolute Gasteiger partial charge is 0.476 e. The van der Waals surface area contributed by atoms with Crippen LogP contribution in [0, 0.1) is 0 Å². The summed E-state index contributed by atoms with van der Waals surface area (Å²) in [5, 5.41) is 16.0. The number of unbranched alkanes of at least 4 members (excludes halogenated alkanes) is 1. The minimum atomic E-state index is -1.06. The van der Waals surface area contributed by atoms with Gasteiger partial charge < -0.3 is 15.7 Å². The number of nitrogens with one attached hydrogen (secondary N) is 2. The van der Waals surface area contributed by atoms with Crippen molar-refractivity contribution in [2.75, 3.05) is 6.54 Å². The highest BCUT2D eigenvalue weighted by Crippen LogP contribution is 2.09. The van der Waals surface area contributed by atoms with E-state index < -0.39 is 5.97 Å². The van der Waals surface area contributed by atoms with Crippen LogP contribution in [0.15, 0.2) is 5.38 Å². The summed E-state index contributed by atoms with van der Waals surface area (Å²) in [5.41, 5.74) is 0.0122. The summed E-state index contributed by atoms with van der Waals surface area (Å²) in [7, 11) is 0. The van der Waals surface area contributed by atoms with Crippen LogP contribution in [0.4, 0.5) is 4.79 Å². The Bertz CT molecular complexity index is 392. The van der Waals surface area contributed by atoms with Crippen LogP contribution in [0.3, 0.4) is 0 Å². The quantitative estimate of drug-likeness (QED) is 0.672. The number of aromatic nitrogens is 1. The first kappa shape index (κ1) is 13.4. The maximum atomic E-state index is 11.3. The molecule has 0 unspecified atom stereocenters. The summed E-state index contributed by atoms with van der Waals surface area (Å²) in [5.74, 6) is -1.06. The van der Waals surface area contributed by atoms with E-state index in [-0.39, 0.29) is 18.3 Å². The Morgan fingerprint density at radius 3 is 2.82 bits per heavy atom. The van der Waals surface area contributed by atoms with E-state index >= 15 is 0 Å². The van der Waals surface area contributed by atoms with Crippen molar-refractivity contribution >= 4 is 23.3 Å². The molecule has 0 fully saturated rings. The van der Waals surface area contributed by atoms with Crippen molar-refractivity contribution in [2.45, 2.75) is 26.3 Å². The molecule has 7 heteroatoms. The van der Waals surface area contributed by atoms with E-state index in [1.807, 2.05) is 6.92 Å². The Kier molecular flexibility index (Phi) is 5.41. The summed E-state index contributed by atoms with van der Waals surface area (Å²) < 4.78 is 0. The molecule has 1 heterocycles. The first-order chi connectivity index (χ1) is 8.13. The van der Waals surface area contributed by atoms with Gasteiger partial charge in [-0.1, -0.05) is 13.3 Å². The molecule has 0 spiro atoms. The summed E-state index contributed by atoms with van der Waals surface area (Å²) in [6.45, 7) is 2.93. The van der Waals surface area contributed by atoms with Crippen LogP contribution in [0.2, 0.25) is 0 Å². The summed E-state index contributed by atoms with van der Waals surface area (Å²) in [4.78, 5) is 25.7. The second-order valence-electron chi connectivity index (χ2n) is 3.39. The molecule has 0 aliphatic rings. The lowest BCUT2D eigenvalue weighted by Gasteiger charge is -2.04. The van der Waals surface area contributed by atoms with Gasteiger partial charge in [0.15, 0.2) is 5.69 Å². The van der Waals surface area contributed by atoms with E-state index in [0.29, 0.717) is 11.6 Å². The number of urea groups is 1. The smallest absolute Gasteiger partial charge is 0.355 e. The maximum absolute atomic E-state index is 11.3. The van der Waals surface area contributed by atoms with Gasteiger partial charge in [0.05, 0.1) is 6.54 Å². The van der Waals surface area contributed by atoms with Gasteiger partial charge in [0.25, 0.3) is 0 Å². The van der Waals surface area contributed by atoms with Crippen molar-refractivity contribution < 1.29 is 14.7 Å². The third kappa shape index (κ3) is 4.81. The number of hydrogen-bond donors (Lipinski definition) is 3. The van der Waals surface area contributed by atoms with Gasteiger partial charge in [-0.2, -0.15) is 0 Å². The molecule has 1 aromatic heterocycles. The fourth-order valence-corrected chi connectivity index (χ4v) is 1.80. The molecule has 3 N–H and O–H groups in total. The van der Waals surface area contributed by atoms with Crippen molar-refractivity contribution in [3.05, 3.63) is 16.1 Å². The van der Waals surface area contributed by atoms with Crippen molar-refractivity contribution in [1.82, 2.24) is 15.6 Å². The predicted molar refractivity (Wildman–Crippen MR) is 64.2 cm³/mol. The highest BCUT2D eigenvalue weighted by molar-refractivity contribution is 7.09. The molecule has 0 saturated heterocycles. The zero-order valence-corrected chi connectivity index (χ0v) is 10.3. The van der Waals surface area contributed by atoms with E-state index in [4.69, 9.17) is 5.11 Å². The van der Waals surface area contributed by atoms with Crippen LogP contribution in [0.5, 0.6) is 0 Å². The lowest BCUT2D eigenvalue weighted by molar-refractivity contribution is 0.0691. The van der Waals surface area contributed by atoms with Gasteiger partial charge in [-0.25, -0.2) is 14.6 Å². The predicted octanol–water partition coefficient (Wildman–Crippen LogP) is 1.44. The van der Waals surface area contributed by atoms with E-state index in [1.165, 1.54) is 16.7 Å². The zero-order valence-electron chi connectivity index (χ0n) is 9.52. The van der Waals surface area contributed by atoms with Gasteiger partial charge in [0.1, 0.15) is 5.01 Å². The fourth-order valence-electron chi connectivity index (χ4n) is 1.09. The standard InChI is InChI=1S/C10H15N3O3S/c1-2-3-4-11-10(16)12-5-8-13-7(6-17-8)9(14)15/h6H,2-5H2,1H3,(H,14,15)(H2,11,12,16). The minimum absolute atomic E-state index is 0.0122. The van der Waals surface area contributed by atoms with Crippen LogP contribution in [0.25, 0.3) is 0 Å². The molecule has 0 saturated carbocycles. The molecular formula is C10H15N3O3S. The molecule has 0 bridgehead atoms. The molecular weight excluding hydrogens is 242 g/mol. The van der Waals surface area contributed by atoms with E-state index in [0.717, 1.165) is 12.8 Å². The number of rotatable bonds is 6. The zero-order chi connectivity index (χ0) is 12.7. The second kappa shape index (κ2) is 6.85. The number of carbonyl (C=O) groups is 2. The van der Waals surface area contributed by atoms with Crippen LogP contribution < -0.4 is 10.6 Å². The third-order valence-corrected chi connectivity index (χ3v) is 2.84. The minimum Gasteiger partial charge on any atom is -0.476 e. The number of carbonyl (C=O) groups excluding carboxylic acids is 1. The highest BCUT2D eigenvalue weighted by atomic mass is 32.1. The maximum Gasteiger partial charge on any atom is 0.355 e. The molecule has 2 amide bonds. The average Bonchev–Trinajstić information content (AvgIpc) is 2.75. The van der Waals surface area contributed by atoms with Crippen molar-refractivity contribution in [2.24, 2.45) is 0 Å². The lowest BCUT2D eigenvalue weighted by Crippen LogP contribution is -2.35. The summed E-state index contributed by atoms with van der Waals surface area (Å²) in [6.07, 6.45) is 1.96. The molecule has 0 aliphatic heterocycles. The van der Waals surface area contributed by atoms with E-state index in [2.05, 4.69) is 15.6 Å². The van der Waals surface area contributed by atoms with Crippen LogP contribution in [0.1, 0.15) is 35.3 Å². The normalized spacial score (nSPS) is 9.94. The topological polar surface area (TPSA) is 91.3 Å². The Balaban J connectivity index is 2.29. The van der Waals surface area contributed by atoms with Gasteiger partial charge in [-0.3, -0.25) is 0 Å². The molecule has 6 nitrogen and oxygen atoms in total. The Labute approximate surface area is 103 Å². The SMILES string of the molecule is CCCCNC(=O)NCc1nc(C(=O)O)cs1. The second-order valence-corrected chi connectivity index (χ2v) is 4.34. The van der Waals surface area contributed by atoms with Gasteiger partial charge in [0.2, 0.25) is 0 Å². The van der Waals surface area contributed by atoms with Crippen molar-refractivity contribution in [3.63, 3.8) is 0 Å². The number of hydrogen-bond acceptors (Lipinski definition) is 4. The van der Waals surface area contributed by atoms with Gasteiger partial charge in [-0.05, 0) is 6.42 Å². The molecule has 1 aromatic rings. The average molecular weight is 257 g/mol. The Morgan fingerprint density at radius 1 is 1.47 bits per heavy atom. The third-order valence-electron chi connectivity index (χ3n) is 1.99. The van der Waals surface area contributed by atoms with Gasteiger partial charge >= 0.3 is 12.0 Å². The molecule has 94 valence electrons. The van der Waals surface area contributed by atoms with E-state index in [9.17, 15) is 9.59 Å². The highest BCUT2D eigenvalue weighted by Gasteiger charge is 2.08. The van der Waals surface area contributed by atoms with Crippen molar-refractivity contribution in [3.8, 4) is 0 Å². The van der Waals surface area contributed by atoms with Crippen LogP contribution in [-0.2, 0) is 6.54 Å². The molecule has 17 heavy (non-hydrogen) atoms. The number of carboxylic acids is 1. The van der Waals surface area contributed by atoms with Gasteiger partial charge in [-0.15, -0.1) is 11.3 Å². The van der Waals surface area contributed by atoms with Crippen LogP contribution >= 0.6 is 11.3 Å². The molecule has 1 rings (SSSR count). The fraction of sp³-hybridized carbons (Fsp3) is 0.500. The van der Waals surface area contributed by atoms with Crippen molar-refractivity contribution in [1.29, 1.82) is 0 Å². The van der Waals surface area contributed by atoms with Crippen LogP contribution in [-0.4, -0.2) is 28.6 Å². The first-order valence-electron chi connectivity index (χ1n) is 5.33. The first-order valence-corrected chi connectivity index (χ1v) is 6.20. The number of aromatic carboxylic acids is 1. The molecule has 0 aromatic carbocycles. The Morgan fingerprint density at radius 2 is 2.24 bits per heavy atom. The number of nitrogens with zero attached hydrogens (tertiary/aromatic N) is 1. The number of carboxylic acid groups (broad SMARTS) is 1. The van der Waals surface area contributed by atoms with E-state index in [1.54, 1.807) is 0 Å². The molecule has 0 atom stereocenters. The molecule has 0 radical (unpaired) electrons. The van der Waals surface area contributed by atoms with Gasteiger partial charge in [0, 0.05) is 11.9 Å². The summed E-state index contributed by atoms with van der Waals surface area (Å²) in [6, 6.07) is -0.259. The Hall–Kier alpha value is -1.63. The lowest BCUT2D eigenvalue weighted by atomic mass is 10.3. The number of thiazole rings is 1.